The van der Waals surface area contributed by atoms with Crippen molar-refractivity contribution in [2.45, 2.75) is 57.0 Å². The Morgan fingerprint density at radius 2 is 1.78 bits per heavy atom. The molecule has 1 saturated carbocycles. The van der Waals surface area contributed by atoms with Gasteiger partial charge >= 0.3 is 5.97 Å². The summed E-state index contributed by atoms with van der Waals surface area (Å²) < 4.78 is 0. The summed E-state index contributed by atoms with van der Waals surface area (Å²) in [6.45, 7) is 0.538. The van der Waals surface area contributed by atoms with Crippen LogP contribution in [0.4, 0.5) is 0 Å². The number of carboxylic acid groups (broad SMARTS) is 1. The molecule has 2 rings (SSSR count). The van der Waals surface area contributed by atoms with Crippen molar-refractivity contribution >= 4 is 11.9 Å². The van der Waals surface area contributed by atoms with E-state index in [0.29, 0.717) is 13.0 Å². The second-order valence-corrected chi connectivity index (χ2v) is 5.45. The molecule has 0 radical (unpaired) electrons. The molecule has 102 valence electrons. The third kappa shape index (κ3) is 2.66. The van der Waals surface area contributed by atoms with Gasteiger partial charge in [0.25, 0.3) is 0 Å². The first-order chi connectivity index (χ1) is 8.61. The Hall–Kier alpha value is -1.10. The SMILES string of the molecule is N[C@H](C(=O)N1CCC[C@H]1C(=O)O)C1CCCCC1. The van der Waals surface area contributed by atoms with Crippen LogP contribution in [0.25, 0.3) is 0 Å². The van der Waals surface area contributed by atoms with Crippen LogP contribution in [0, 0.1) is 5.92 Å². The molecule has 1 aliphatic carbocycles. The summed E-state index contributed by atoms with van der Waals surface area (Å²) in [6.07, 6.45) is 6.80. The maximum Gasteiger partial charge on any atom is 0.326 e. The van der Waals surface area contributed by atoms with Crippen LogP contribution in [0.15, 0.2) is 0 Å². The van der Waals surface area contributed by atoms with Crippen molar-refractivity contribution in [3.8, 4) is 0 Å². The van der Waals surface area contributed by atoms with Crippen molar-refractivity contribution in [3.63, 3.8) is 0 Å². The van der Waals surface area contributed by atoms with Crippen LogP contribution in [0.2, 0.25) is 0 Å². The van der Waals surface area contributed by atoms with Crippen LogP contribution in [0.1, 0.15) is 44.9 Å². The van der Waals surface area contributed by atoms with Gasteiger partial charge in [0.05, 0.1) is 6.04 Å². The molecule has 3 N–H and O–H groups in total. The standard InChI is InChI=1S/C13H22N2O3/c14-11(9-5-2-1-3-6-9)12(16)15-8-4-7-10(15)13(17)18/h9-11H,1-8,14H2,(H,17,18)/t10-,11-/m0/s1. The lowest BCUT2D eigenvalue weighted by molar-refractivity contribution is -0.149. The third-order valence-corrected chi connectivity index (χ3v) is 4.26. The predicted molar refractivity (Wildman–Crippen MR) is 66.9 cm³/mol. The van der Waals surface area contributed by atoms with Crippen molar-refractivity contribution in [1.82, 2.24) is 4.90 Å². The van der Waals surface area contributed by atoms with E-state index >= 15 is 0 Å². The fourth-order valence-corrected chi connectivity index (χ4v) is 3.17. The molecule has 1 heterocycles. The summed E-state index contributed by atoms with van der Waals surface area (Å²) in [6, 6.07) is -1.17. The average Bonchev–Trinajstić information content (AvgIpc) is 2.87. The van der Waals surface area contributed by atoms with Crippen molar-refractivity contribution < 1.29 is 14.7 Å². The van der Waals surface area contributed by atoms with Crippen LogP contribution in [-0.2, 0) is 9.59 Å². The quantitative estimate of drug-likeness (QED) is 0.786. The van der Waals surface area contributed by atoms with Crippen LogP contribution in [-0.4, -0.2) is 40.5 Å². The lowest BCUT2D eigenvalue weighted by Gasteiger charge is -2.31. The van der Waals surface area contributed by atoms with E-state index in [0.717, 1.165) is 32.1 Å². The average molecular weight is 254 g/mol. The summed E-state index contributed by atoms with van der Waals surface area (Å²) in [5.41, 5.74) is 6.05. The van der Waals surface area contributed by atoms with Crippen molar-refractivity contribution in [3.05, 3.63) is 0 Å². The summed E-state index contributed by atoms with van der Waals surface area (Å²) in [5.74, 6) is -0.829. The zero-order chi connectivity index (χ0) is 13.1. The molecule has 1 amide bonds. The second-order valence-electron chi connectivity index (χ2n) is 5.45. The van der Waals surface area contributed by atoms with Gasteiger partial charge in [0.2, 0.25) is 5.91 Å². The molecule has 1 saturated heterocycles. The van der Waals surface area contributed by atoms with Gasteiger partial charge in [-0.2, -0.15) is 0 Å². The lowest BCUT2D eigenvalue weighted by Crippen LogP contribution is -2.51. The zero-order valence-corrected chi connectivity index (χ0v) is 10.7. The van der Waals surface area contributed by atoms with Crippen molar-refractivity contribution in [2.75, 3.05) is 6.54 Å². The van der Waals surface area contributed by atoms with Gasteiger partial charge in [-0.3, -0.25) is 4.79 Å². The molecule has 5 nitrogen and oxygen atoms in total. The predicted octanol–water partition coefficient (Wildman–Crippen LogP) is 0.970. The van der Waals surface area contributed by atoms with Gasteiger partial charge in [-0.05, 0) is 31.6 Å². The van der Waals surface area contributed by atoms with Crippen LogP contribution >= 0.6 is 0 Å². The fraction of sp³-hybridized carbons (Fsp3) is 0.846. The molecule has 0 aromatic heterocycles. The van der Waals surface area contributed by atoms with Crippen LogP contribution < -0.4 is 5.73 Å². The van der Waals surface area contributed by atoms with Crippen LogP contribution in [0.3, 0.4) is 0 Å². The van der Waals surface area contributed by atoms with Crippen molar-refractivity contribution in [1.29, 1.82) is 0 Å². The summed E-state index contributed by atoms with van der Waals surface area (Å²) >= 11 is 0. The fourth-order valence-electron chi connectivity index (χ4n) is 3.17. The Balaban J connectivity index is 1.99. The van der Waals surface area contributed by atoms with E-state index in [4.69, 9.17) is 10.8 Å². The molecule has 1 aliphatic heterocycles. The van der Waals surface area contributed by atoms with E-state index in [1.165, 1.54) is 11.3 Å². The maximum atomic E-state index is 12.3. The first-order valence-electron chi connectivity index (χ1n) is 6.90. The topological polar surface area (TPSA) is 83.6 Å². The zero-order valence-electron chi connectivity index (χ0n) is 10.7. The highest BCUT2D eigenvalue weighted by molar-refractivity contribution is 5.87. The summed E-state index contributed by atoms with van der Waals surface area (Å²) in [7, 11) is 0. The Kier molecular flexibility index (Phi) is 4.22. The number of aliphatic carboxylic acids is 1. The van der Waals surface area contributed by atoms with Gasteiger partial charge in [0.1, 0.15) is 6.04 Å². The molecular formula is C13H22N2O3. The number of hydrogen-bond donors (Lipinski definition) is 2. The number of carboxylic acids is 1. The summed E-state index contributed by atoms with van der Waals surface area (Å²) in [4.78, 5) is 24.9. The van der Waals surface area contributed by atoms with Gasteiger partial charge in [-0.15, -0.1) is 0 Å². The molecular weight excluding hydrogens is 232 g/mol. The monoisotopic (exact) mass is 254 g/mol. The highest BCUT2D eigenvalue weighted by Gasteiger charge is 2.38. The number of nitrogens with zero attached hydrogens (tertiary/aromatic N) is 1. The highest BCUT2D eigenvalue weighted by Crippen LogP contribution is 2.28. The largest absolute Gasteiger partial charge is 0.480 e. The summed E-state index contributed by atoms with van der Waals surface area (Å²) in [5, 5.41) is 9.09. The molecule has 0 bridgehead atoms. The number of amides is 1. The normalized spacial score (nSPS) is 27.2. The smallest absolute Gasteiger partial charge is 0.326 e. The van der Waals surface area contributed by atoms with Crippen molar-refractivity contribution in [2.24, 2.45) is 11.7 Å². The molecule has 2 atom stereocenters. The molecule has 2 fully saturated rings. The molecule has 5 heteroatoms. The van der Waals surface area contributed by atoms with E-state index in [9.17, 15) is 9.59 Å². The number of likely N-dealkylation sites (tertiary alicyclic amines) is 1. The van der Waals surface area contributed by atoms with Crippen LogP contribution in [0.5, 0.6) is 0 Å². The Bertz CT molecular complexity index is 326. The number of carbonyl (C=O) groups is 2. The van der Waals surface area contributed by atoms with Gasteiger partial charge in [0, 0.05) is 6.54 Å². The number of nitrogens with two attached hydrogens (primary N) is 1. The number of carbonyl (C=O) groups excluding carboxylic acids is 1. The highest BCUT2D eigenvalue weighted by atomic mass is 16.4. The van der Waals surface area contributed by atoms with E-state index in [1.807, 2.05) is 0 Å². The molecule has 0 aromatic carbocycles. The molecule has 0 spiro atoms. The van der Waals surface area contributed by atoms with E-state index in [2.05, 4.69) is 0 Å². The maximum absolute atomic E-state index is 12.3. The minimum atomic E-state index is -0.906. The molecule has 0 aromatic rings. The van der Waals surface area contributed by atoms with E-state index in [-0.39, 0.29) is 11.8 Å². The number of rotatable bonds is 3. The van der Waals surface area contributed by atoms with Gasteiger partial charge in [0.15, 0.2) is 0 Å². The minimum absolute atomic E-state index is 0.160. The van der Waals surface area contributed by atoms with E-state index in [1.54, 1.807) is 0 Å². The Morgan fingerprint density at radius 3 is 2.39 bits per heavy atom. The minimum Gasteiger partial charge on any atom is -0.480 e. The van der Waals surface area contributed by atoms with E-state index < -0.39 is 18.1 Å². The Labute approximate surface area is 107 Å². The van der Waals surface area contributed by atoms with Gasteiger partial charge in [-0.1, -0.05) is 19.3 Å². The van der Waals surface area contributed by atoms with Gasteiger partial charge < -0.3 is 15.7 Å². The molecule has 0 unspecified atom stereocenters. The first-order valence-corrected chi connectivity index (χ1v) is 6.90. The van der Waals surface area contributed by atoms with Gasteiger partial charge in [-0.25, -0.2) is 4.79 Å². The Morgan fingerprint density at radius 1 is 1.11 bits per heavy atom. The molecule has 18 heavy (non-hydrogen) atoms. The third-order valence-electron chi connectivity index (χ3n) is 4.26. The second kappa shape index (κ2) is 5.69. The first kappa shape index (κ1) is 13.3. The molecule has 2 aliphatic rings. The lowest BCUT2D eigenvalue weighted by atomic mass is 9.83. The number of hydrogen-bond acceptors (Lipinski definition) is 3.